The Morgan fingerprint density at radius 2 is 1.17 bits per heavy atom. The number of esters is 1. The molecule has 266 valence electrons. The zero-order valence-electron chi connectivity index (χ0n) is 22.6. The first-order valence-electron chi connectivity index (χ1n) is 12.3. The molecule has 1 aromatic carbocycles. The van der Waals surface area contributed by atoms with Crippen LogP contribution >= 0.6 is 0 Å². The molecule has 0 N–H and O–H groups in total. The first kappa shape index (κ1) is 40.7. The van der Waals surface area contributed by atoms with Gasteiger partial charge in [-0.15, -0.1) is 0 Å². The van der Waals surface area contributed by atoms with Crippen molar-refractivity contribution in [1.82, 2.24) is 0 Å². The Balaban J connectivity index is 3.25. The van der Waals surface area contributed by atoms with Crippen molar-refractivity contribution in [2.24, 2.45) is 0 Å². The van der Waals surface area contributed by atoms with Crippen LogP contribution in [0, 0.1) is 10.1 Å². The summed E-state index contributed by atoms with van der Waals surface area (Å²) in [6, 6.07) is 1.61. The highest BCUT2D eigenvalue weighted by atomic mass is 19.4. The Kier molecular flexibility index (Phi) is 11.9. The van der Waals surface area contributed by atoms with Gasteiger partial charge >= 0.3 is 59.3 Å². The molecule has 1 rings (SSSR count). The molecular weight excluding hydrogens is 693 g/mol. The van der Waals surface area contributed by atoms with Gasteiger partial charge in [-0.1, -0.05) is 26.2 Å². The summed E-state index contributed by atoms with van der Waals surface area (Å²) in [7, 11) is 0. The maximum absolute atomic E-state index is 14.1. The van der Waals surface area contributed by atoms with E-state index in [1.165, 1.54) is 0 Å². The van der Waals surface area contributed by atoms with Crippen molar-refractivity contribution < 1.29 is 93.8 Å². The fraction of sp³-hybridized carbons (Fsp3) is 0.696. The zero-order valence-corrected chi connectivity index (χ0v) is 22.6. The number of rotatable bonds is 17. The predicted molar refractivity (Wildman–Crippen MR) is 118 cm³/mol. The van der Waals surface area contributed by atoms with Gasteiger partial charge in [0.15, 0.2) is 5.75 Å². The van der Waals surface area contributed by atoms with Gasteiger partial charge < -0.3 is 9.47 Å². The summed E-state index contributed by atoms with van der Waals surface area (Å²) in [5, 5.41) is 11.3. The molecule has 0 bridgehead atoms. The summed E-state index contributed by atoms with van der Waals surface area (Å²) in [5.41, 5.74) is -1.80. The predicted octanol–water partition coefficient (Wildman–Crippen LogP) is 9.11. The third kappa shape index (κ3) is 7.15. The molecule has 0 amide bonds. The molecule has 0 heterocycles. The van der Waals surface area contributed by atoms with Crippen molar-refractivity contribution in [3.63, 3.8) is 0 Å². The smallest absolute Gasteiger partial charge is 0.460 e. The van der Waals surface area contributed by atoms with Gasteiger partial charge in [-0.2, -0.15) is 74.6 Å². The number of halogens is 17. The highest BCUT2D eigenvalue weighted by Gasteiger charge is 2.95. The lowest BCUT2D eigenvalue weighted by Gasteiger charge is -2.42. The number of nitro groups is 1. The average molecular weight is 713 g/mol. The summed E-state index contributed by atoms with van der Waals surface area (Å²) in [6.45, 7) is -0.352. The minimum atomic E-state index is -8.75. The normalized spacial score (nSPS) is 14.3. The van der Waals surface area contributed by atoms with Gasteiger partial charge in [-0.3, -0.25) is 10.1 Å². The van der Waals surface area contributed by atoms with E-state index in [4.69, 9.17) is 4.74 Å². The van der Waals surface area contributed by atoms with E-state index in [2.05, 4.69) is 4.74 Å². The Hall–Kier alpha value is -3.30. The lowest BCUT2D eigenvalue weighted by molar-refractivity contribution is -0.461. The number of alkyl halides is 17. The molecule has 1 aromatic rings. The van der Waals surface area contributed by atoms with Crippen molar-refractivity contribution in [1.29, 1.82) is 0 Å². The maximum atomic E-state index is 14.1. The molecule has 0 aliphatic rings. The molecule has 0 fully saturated rings. The van der Waals surface area contributed by atoms with Gasteiger partial charge in [0, 0.05) is 6.07 Å². The van der Waals surface area contributed by atoms with E-state index in [0.717, 1.165) is 12.8 Å². The monoisotopic (exact) mass is 713 g/mol. The van der Waals surface area contributed by atoms with Crippen LogP contribution in [0.25, 0.3) is 0 Å². The average Bonchev–Trinajstić information content (AvgIpc) is 2.91. The lowest BCUT2D eigenvalue weighted by atomic mass is 9.88. The number of ether oxygens (including phenoxy) is 2. The third-order valence-electron chi connectivity index (χ3n) is 6.08. The number of carbonyl (C=O) groups is 1. The summed E-state index contributed by atoms with van der Waals surface area (Å²) in [6.07, 6.45) is -8.17. The standard InChI is InChI=1S/C23H20F17NO5/c1-2-3-4-5-9-46-15(42)12-6-7-14(13(11-12)41(43)44)45-10-8-16(24,25)17(26,27)18(28,29)19(30,31)20(32,33)21(34,35)22(36,37)23(38,39)40/h6-7,11H,2-5,8-10H2,1H3. The topological polar surface area (TPSA) is 78.7 Å². The van der Waals surface area contributed by atoms with E-state index in [0.29, 0.717) is 31.0 Å². The SMILES string of the molecule is CCCCCCOC(=O)c1ccc(OCCC(F)(F)C(F)(F)C(F)(F)C(F)(F)C(F)(F)C(F)(F)C(F)(F)C(F)(F)F)c([N+](=O)[O-])c1. The van der Waals surface area contributed by atoms with Crippen molar-refractivity contribution >= 4 is 11.7 Å². The van der Waals surface area contributed by atoms with Gasteiger partial charge in [0.2, 0.25) is 0 Å². The number of nitro benzene ring substituents is 1. The third-order valence-corrected chi connectivity index (χ3v) is 6.08. The van der Waals surface area contributed by atoms with Gasteiger partial charge in [0.25, 0.3) is 0 Å². The summed E-state index contributed by atoms with van der Waals surface area (Å²) < 4.78 is 236. The number of benzene rings is 1. The first-order valence-corrected chi connectivity index (χ1v) is 12.3. The molecule has 6 nitrogen and oxygen atoms in total. The highest BCUT2D eigenvalue weighted by Crippen LogP contribution is 2.64. The maximum Gasteiger partial charge on any atom is 0.460 e. The first-order chi connectivity index (χ1) is 20.5. The van der Waals surface area contributed by atoms with E-state index in [1.807, 2.05) is 6.92 Å². The second-order valence-electron chi connectivity index (χ2n) is 9.38. The highest BCUT2D eigenvalue weighted by molar-refractivity contribution is 5.90. The fourth-order valence-electron chi connectivity index (χ4n) is 3.33. The van der Waals surface area contributed by atoms with Crippen LogP contribution in [0.5, 0.6) is 5.75 Å². The van der Waals surface area contributed by atoms with Gasteiger partial charge in [-0.25, -0.2) is 4.79 Å². The molecular formula is C23H20F17NO5. The van der Waals surface area contributed by atoms with Crippen LogP contribution in [0.4, 0.5) is 80.3 Å². The van der Waals surface area contributed by atoms with Crippen LogP contribution in [-0.2, 0) is 4.74 Å². The van der Waals surface area contributed by atoms with Crippen LogP contribution in [0.3, 0.4) is 0 Å². The fourth-order valence-corrected chi connectivity index (χ4v) is 3.33. The number of hydrogen-bond donors (Lipinski definition) is 0. The van der Waals surface area contributed by atoms with Crippen molar-refractivity contribution in [3.05, 3.63) is 33.9 Å². The van der Waals surface area contributed by atoms with Crippen molar-refractivity contribution in [3.8, 4) is 5.75 Å². The molecule has 0 unspecified atom stereocenters. The van der Waals surface area contributed by atoms with E-state index >= 15 is 0 Å². The Labute approximate surface area is 245 Å². The quantitative estimate of drug-likeness (QED) is 0.0530. The molecule has 0 saturated heterocycles. The molecule has 0 spiro atoms. The number of carbonyl (C=O) groups excluding carboxylic acids is 1. The van der Waals surface area contributed by atoms with Crippen molar-refractivity contribution in [2.45, 2.75) is 86.7 Å². The number of unbranched alkanes of at least 4 members (excludes halogenated alkanes) is 3. The van der Waals surface area contributed by atoms with E-state index in [1.54, 1.807) is 0 Å². The minimum absolute atomic E-state index is 0.133. The summed E-state index contributed by atoms with van der Waals surface area (Å²) in [5.74, 6) is -59.7. The minimum Gasteiger partial charge on any atom is -0.487 e. The molecule has 0 radical (unpaired) electrons. The summed E-state index contributed by atoms with van der Waals surface area (Å²) in [4.78, 5) is 22.0. The number of hydrogen-bond acceptors (Lipinski definition) is 5. The Bertz CT molecular complexity index is 1230. The lowest BCUT2D eigenvalue weighted by Crippen LogP contribution is -2.74. The van der Waals surface area contributed by atoms with E-state index in [9.17, 15) is 89.5 Å². The largest absolute Gasteiger partial charge is 0.487 e. The van der Waals surface area contributed by atoms with Gasteiger partial charge in [-0.05, 0) is 18.6 Å². The zero-order chi connectivity index (χ0) is 36.4. The second kappa shape index (κ2) is 13.4. The molecule has 46 heavy (non-hydrogen) atoms. The van der Waals surface area contributed by atoms with Gasteiger partial charge in [0.1, 0.15) is 0 Å². The Morgan fingerprint density at radius 3 is 1.63 bits per heavy atom. The molecule has 23 heteroatoms. The molecule has 0 atom stereocenters. The van der Waals surface area contributed by atoms with E-state index < -0.39 is 88.6 Å². The van der Waals surface area contributed by atoms with Crippen LogP contribution in [-0.4, -0.2) is 71.7 Å². The molecule has 0 aromatic heterocycles. The van der Waals surface area contributed by atoms with Gasteiger partial charge in [0.05, 0.1) is 30.1 Å². The van der Waals surface area contributed by atoms with Crippen LogP contribution in [0.2, 0.25) is 0 Å². The van der Waals surface area contributed by atoms with Crippen molar-refractivity contribution in [2.75, 3.05) is 13.2 Å². The van der Waals surface area contributed by atoms with E-state index in [-0.39, 0.29) is 6.61 Å². The summed E-state index contributed by atoms with van der Waals surface area (Å²) >= 11 is 0. The molecule has 0 aliphatic carbocycles. The molecule has 0 aliphatic heterocycles. The Morgan fingerprint density at radius 1 is 0.696 bits per heavy atom. The van der Waals surface area contributed by atoms with Crippen LogP contribution in [0.1, 0.15) is 49.4 Å². The van der Waals surface area contributed by atoms with Crippen LogP contribution in [0.15, 0.2) is 18.2 Å². The molecule has 0 saturated carbocycles. The number of nitrogens with zero attached hydrogens (tertiary/aromatic N) is 1. The second-order valence-corrected chi connectivity index (χ2v) is 9.38. The van der Waals surface area contributed by atoms with Crippen LogP contribution < -0.4 is 4.74 Å².